The largest absolute Gasteiger partial charge is 0.507 e. The van der Waals surface area contributed by atoms with Crippen LogP contribution in [-0.4, -0.2) is 23.6 Å². The van der Waals surface area contributed by atoms with Crippen LogP contribution in [0.4, 0.5) is 4.79 Å². The summed E-state index contributed by atoms with van der Waals surface area (Å²) in [6.45, 7) is 0. The van der Waals surface area contributed by atoms with Gasteiger partial charge in [0.15, 0.2) is 6.29 Å². The summed E-state index contributed by atoms with van der Waals surface area (Å²) in [6.07, 6.45) is 2.06. The number of hydrogen-bond acceptors (Lipinski definition) is 4. The predicted octanol–water partition coefficient (Wildman–Crippen LogP) is 1.87. The maximum Gasteiger partial charge on any atom is 0.332 e. The summed E-state index contributed by atoms with van der Waals surface area (Å²) in [4.78, 5) is 21.1. The van der Waals surface area contributed by atoms with E-state index in [1.807, 2.05) is 12.1 Å². The average molecular weight is 283 g/mol. The number of hydrogen-bond donors (Lipinski definition) is 3. The molecule has 0 saturated carbocycles. The number of carbonyl (C=O) groups is 2. The van der Waals surface area contributed by atoms with Gasteiger partial charge in [-0.2, -0.15) is 5.10 Å². The van der Waals surface area contributed by atoms with E-state index >= 15 is 0 Å². The number of aromatic hydroxyl groups is 1. The molecule has 106 valence electrons. The van der Waals surface area contributed by atoms with E-state index in [4.69, 9.17) is 5.73 Å². The molecule has 0 bridgehead atoms. The van der Waals surface area contributed by atoms with Crippen molar-refractivity contribution in [1.29, 1.82) is 0 Å². The van der Waals surface area contributed by atoms with Crippen LogP contribution in [-0.2, 0) is 0 Å². The second-order valence-corrected chi connectivity index (χ2v) is 4.25. The third-order valence-corrected chi connectivity index (χ3v) is 2.79. The van der Waals surface area contributed by atoms with Crippen molar-refractivity contribution in [3.63, 3.8) is 0 Å². The lowest BCUT2D eigenvalue weighted by molar-refractivity contribution is 0.112. The molecule has 0 spiro atoms. The maximum absolute atomic E-state index is 10.7. The molecule has 21 heavy (non-hydrogen) atoms. The number of nitrogens with zero attached hydrogens (tertiary/aromatic N) is 1. The summed E-state index contributed by atoms with van der Waals surface area (Å²) in [5.74, 6) is -0.0567. The van der Waals surface area contributed by atoms with Crippen LogP contribution in [0.15, 0.2) is 47.6 Å². The van der Waals surface area contributed by atoms with Gasteiger partial charge in [0.2, 0.25) is 0 Å². The van der Waals surface area contributed by atoms with Gasteiger partial charge in [0, 0.05) is 0 Å². The van der Waals surface area contributed by atoms with Crippen LogP contribution < -0.4 is 11.2 Å². The van der Waals surface area contributed by atoms with Gasteiger partial charge in [-0.15, -0.1) is 0 Å². The minimum atomic E-state index is -0.728. The van der Waals surface area contributed by atoms with Crippen LogP contribution in [0.2, 0.25) is 0 Å². The Balaban J connectivity index is 2.18. The third-order valence-electron chi connectivity index (χ3n) is 2.79. The standard InChI is InChI=1S/C15H13N3O3/c16-15(21)18-17-8-10-1-3-11(4-2-10)12-5-6-13(9-19)14(20)7-12/h1-9,20H,(H3,16,18,21). The molecule has 0 radical (unpaired) electrons. The second-order valence-electron chi connectivity index (χ2n) is 4.25. The van der Waals surface area contributed by atoms with Crippen LogP contribution in [0, 0.1) is 0 Å². The van der Waals surface area contributed by atoms with Crippen molar-refractivity contribution in [2.75, 3.05) is 0 Å². The van der Waals surface area contributed by atoms with E-state index in [-0.39, 0.29) is 11.3 Å². The zero-order chi connectivity index (χ0) is 15.2. The van der Waals surface area contributed by atoms with Crippen molar-refractivity contribution >= 4 is 18.5 Å². The summed E-state index contributed by atoms with van der Waals surface area (Å²) in [5, 5.41) is 13.3. The molecular formula is C15H13N3O3. The number of phenols is 1. The van der Waals surface area contributed by atoms with Gasteiger partial charge in [-0.3, -0.25) is 4.79 Å². The van der Waals surface area contributed by atoms with E-state index in [1.54, 1.807) is 24.3 Å². The highest BCUT2D eigenvalue weighted by molar-refractivity contribution is 5.84. The number of nitrogens with two attached hydrogens (primary N) is 1. The molecule has 0 atom stereocenters. The first-order chi connectivity index (χ1) is 10.1. The zero-order valence-corrected chi connectivity index (χ0v) is 11.0. The highest BCUT2D eigenvalue weighted by atomic mass is 16.3. The molecule has 0 aliphatic rings. The lowest BCUT2D eigenvalue weighted by Crippen LogP contribution is -2.24. The number of carbonyl (C=O) groups excluding carboxylic acids is 2. The minimum Gasteiger partial charge on any atom is -0.507 e. The van der Waals surface area contributed by atoms with Gasteiger partial charge in [0.05, 0.1) is 11.8 Å². The van der Waals surface area contributed by atoms with E-state index in [9.17, 15) is 14.7 Å². The van der Waals surface area contributed by atoms with Crippen molar-refractivity contribution in [2.24, 2.45) is 10.8 Å². The number of urea groups is 1. The van der Waals surface area contributed by atoms with Gasteiger partial charge < -0.3 is 10.8 Å². The summed E-state index contributed by atoms with van der Waals surface area (Å²) < 4.78 is 0. The number of rotatable bonds is 4. The van der Waals surface area contributed by atoms with E-state index < -0.39 is 6.03 Å². The highest BCUT2D eigenvalue weighted by Crippen LogP contribution is 2.25. The van der Waals surface area contributed by atoms with E-state index in [0.29, 0.717) is 6.29 Å². The Morgan fingerprint density at radius 3 is 2.38 bits per heavy atom. The Labute approximate surface area is 120 Å². The Morgan fingerprint density at radius 1 is 1.14 bits per heavy atom. The van der Waals surface area contributed by atoms with Crippen LogP contribution in [0.25, 0.3) is 11.1 Å². The minimum absolute atomic E-state index is 0.0567. The number of amides is 2. The fourth-order valence-corrected chi connectivity index (χ4v) is 1.75. The van der Waals surface area contributed by atoms with E-state index in [1.165, 1.54) is 12.3 Å². The Bertz CT molecular complexity index is 694. The number of hydrazone groups is 1. The summed E-state index contributed by atoms with van der Waals surface area (Å²) >= 11 is 0. The highest BCUT2D eigenvalue weighted by Gasteiger charge is 2.03. The second kappa shape index (κ2) is 6.33. The number of primary amides is 1. The molecule has 0 aliphatic carbocycles. The fourth-order valence-electron chi connectivity index (χ4n) is 1.75. The molecule has 0 fully saturated rings. The number of benzene rings is 2. The van der Waals surface area contributed by atoms with Crippen molar-refractivity contribution < 1.29 is 14.7 Å². The van der Waals surface area contributed by atoms with Crippen LogP contribution in [0.3, 0.4) is 0 Å². The Hall–Kier alpha value is -3.15. The summed E-state index contributed by atoms with van der Waals surface area (Å²) in [5.41, 5.74) is 9.68. The van der Waals surface area contributed by atoms with Crippen molar-refractivity contribution in [1.82, 2.24) is 5.43 Å². The first kappa shape index (κ1) is 14.3. The summed E-state index contributed by atoms with van der Waals surface area (Å²) in [7, 11) is 0. The third kappa shape index (κ3) is 3.66. The van der Waals surface area contributed by atoms with Crippen LogP contribution in [0.5, 0.6) is 5.75 Å². The van der Waals surface area contributed by atoms with Crippen molar-refractivity contribution in [2.45, 2.75) is 0 Å². The average Bonchev–Trinajstić information content (AvgIpc) is 2.47. The number of phenolic OH excluding ortho intramolecular Hbond substituents is 1. The molecule has 0 saturated heterocycles. The number of aldehydes is 1. The molecular weight excluding hydrogens is 270 g/mol. The van der Waals surface area contributed by atoms with Crippen LogP contribution >= 0.6 is 0 Å². The molecule has 0 heterocycles. The molecule has 2 aromatic carbocycles. The Kier molecular flexibility index (Phi) is 4.30. The molecule has 0 aliphatic heterocycles. The topological polar surface area (TPSA) is 105 Å². The van der Waals surface area contributed by atoms with Crippen molar-refractivity contribution in [3.05, 3.63) is 53.6 Å². The van der Waals surface area contributed by atoms with Gasteiger partial charge >= 0.3 is 6.03 Å². The monoisotopic (exact) mass is 283 g/mol. The van der Waals surface area contributed by atoms with Crippen LogP contribution in [0.1, 0.15) is 15.9 Å². The quantitative estimate of drug-likeness (QED) is 0.453. The smallest absolute Gasteiger partial charge is 0.332 e. The van der Waals surface area contributed by atoms with Gasteiger partial charge in [-0.25, -0.2) is 10.2 Å². The molecule has 0 unspecified atom stereocenters. The SMILES string of the molecule is NC(=O)NN=Cc1ccc(-c2ccc(C=O)c(O)c2)cc1. The van der Waals surface area contributed by atoms with E-state index in [2.05, 4.69) is 10.5 Å². The van der Waals surface area contributed by atoms with E-state index in [0.717, 1.165) is 16.7 Å². The Morgan fingerprint density at radius 2 is 1.81 bits per heavy atom. The molecule has 0 aromatic heterocycles. The molecule has 2 rings (SSSR count). The molecule has 6 nitrogen and oxygen atoms in total. The molecule has 4 N–H and O–H groups in total. The molecule has 6 heteroatoms. The molecule has 2 aromatic rings. The lowest BCUT2D eigenvalue weighted by atomic mass is 10.0. The van der Waals surface area contributed by atoms with Gasteiger partial charge in [-0.1, -0.05) is 30.3 Å². The first-order valence-electron chi connectivity index (χ1n) is 6.07. The number of nitrogens with one attached hydrogen (secondary N) is 1. The van der Waals surface area contributed by atoms with Gasteiger partial charge in [-0.05, 0) is 28.8 Å². The lowest BCUT2D eigenvalue weighted by Gasteiger charge is -2.04. The predicted molar refractivity (Wildman–Crippen MR) is 79.2 cm³/mol. The maximum atomic E-state index is 10.7. The first-order valence-corrected chi connectivity index (χ1v) is 6.07. The molecule has 2 amide bonds. The normalized spacial score (nSPS) is 10.5. The zero-order valence-electron chi connectivity index (χ0n) is 11.0. The van der Waals surface area contributed by atoms with Gasteiger partial charge in [0.1, 0.15) is 5.75 Å². The van der Waals surface area contributed by atoms with Gasteiger partial charge in [0.25, 0.3) is 0 Å². The summed E-state index contributed by atoms with van der Waals surface area (Å²) in [6, 6.07) is 11.4. The fraction of sp³-hybridized carbons (Fsp3) is 0. The van der Waals surface area contributed by atoms with Crippen molar-refractivity contribution in [3.8, 4) is 16.9 Å².